The molecule has 0 aromatic rings. The fourth-order valence-electron chi connectivity index (χ4n) is 2.64. The van der Waals surface area contributed by atoms with Gasteiger partial charge < -0.3 is 10.2 Å². The zero-order valence-electron chi connectivity index (χ0n) is 14.5. The second-order valence-electron chi connectivity index (χ2n) is 6.54. The SMILES string of the molecule is CCCCCCCCCCCCCCCCNC(C)(O)O. The number of unbranched alkanes of at least 4 members (excludes halogenated alkanes) is 13. The number of rotatable bonds is 16. The average Bonchev–Trinajstić information content (AvgIpc) is 2.42. The summed E-state index contributed by atoms with van der Waals surface area (Å²) in [5.41, 5.74) is 0. The molecule has 3 nitrogen and oxygen atoms in total. The molecule has 3 heteroatoms. The molecule has 0 spiro atoms. The molecule has 0 fully saturated rings. The molecular weight excluding hydrogens is 262 g/mol. The van der Waals surface area contributed by atoms with Crippen LogP contribution in [0.25, 0.3) is 0 Å². The lowest BCUT2D eigenvalue weighted by atomic mass is 10.0. The average molecular weight is 302 g/mol. The highest BCUT2D eigenvalue weighted by Crippen LogP contribution is 2.12. The lowest BCUT2D eigenvalue weighted by Gasteiger charge is -2.17. The van der Waals surface area contributed by atoms with Gasteiger partial charge in [0.15, 0.2) is 0 Å². The third-order valence-corrected chi connectivity index (χ3v) is 3.99. The van der Waals surface area contributed by atoms with Crippen molar-refractivity contribution in [3.8, 4) is 0 Å². The van der Waals surface area contributed by atoms with E-state index >= 15 is 0 Å². The highest BCUT2D eigenvalue weighted by Gasteiger charge is 2.11. The van der Waals surface area contributed by atoms with Gasteiger partial charge in [0.25, 0.3) is 0 Å². The summed E-state index contributed by atoms with van der Waals surface area (Å²) >= 11 is 0. The van der Waals surface area contributed by atoms with Crippen molar-refractivity contribution in [2.45, 2.75) is 110 Å². The first-order valence-corrected chi connectivity index (χ1v) is 9.26. The Balaban J connectivity index is 3.00. The topological polar surface area (TPSA) is 52.5 Å². The first kappa shape index (κ1) is 20.9. The molecule has 0 radical (unpaired) electrons. The van der Waals surface area contributed by atoms with Crippen LogP contribution in [0.4, 0.5) is 0 Å². The summed E-state index contributed by atoms with van der Waals surface area (Å²) in [4.78, 5) is 0. The largest absolute Gasteiger partial charge is 0.354 e. The minimum atomic E-state index is -1.71. The van der Waals surface area contributed by atoms with E-state index in [-0.39, 0.29) is 0 Å². The first-order chi connectivity index (χ1) is 10.1. The van der Waals surface area contributed by atoms with E-state index in [0.717, 1.165) is 6.42 Å². The van der Waals surface area contributed by atoms with Crippen molar-refractivity contribution >= 4 is 0 Å². The quantitative estimate of drug-likeness (QED) is 0.286. The van der Waals surface area contributed by atoms with E-state index in [1.54, 1.807) is 0 Å². The minimum Gasteiger partial charge on any atom is -0.354 e. The maximum absolute atomic E-state index is 9.07. The Labute approximate surface area is 132 Å². The van der Waals surface area contributed by atoms with Crippen molar-refractivity contribution in [3.05, 3.63) is 0 Å². The lowest BCUT2D eigenvalue weighted by Crippen LogP contribution is -2.42. The summed E-state index contributed by atoms with van der Waals surface area (Å²) in [6.07, 6.45) is 18.8. The van der Waals surface area contributed by atoms with E-state index in [9.17, 15) is 0 Å². The molecule has 0 aromatic carbocycles. The van der Waals surface area contributed by atoms with Crippen molar-refractivity contribution in [1.29, 1.82) is 0 Å². The monoisotopic (exact) mass is 301 g/mol. The van der Waals surface area contributed by atoms with Crippen molar-refractivity contribution in [2.75, 3.05) is 6.54 Å². The first-order valence-electron chi connectivity index (χ1n) is 9.26. The molecule has 3 N–H and O–H groups in total. The molecule has 0 aliphatic carbocycles. The van der Waals surface area contributed by atoms with Gasteiger partial charge in [0.1, 0.15) is 0 Å². The molecule has 0 saturated heterocycles. The van der Waals surface area contributed by atoms with Crippen LogP contribution < -0.4 is 5.32 Å². The minimum absolute atomic E-state index is 0.682. The van der Waals surface area contributed by atoms with Crippen LogP contribution in [0.1, 0.15) is 104 Å². The highest BCUT2D eigenvalue weighted by molar-refractivity contribution is 4.54. The third-order valence-electron chi connectivity index (χ3n) is 3.99. The second kappa shape index (κ2) is 14.8. The summed E-state index contributed by atoms with van der Waals surface area (Å²) in [6, 6.07) is 0. The van der Waals surface area contributed by atoms with E-state index in [4.69, 9.17) is 10.2 Å². The number of aliphatic hydroxyl groups is 2. The third kappa shape index (κ3) is 19.9. The maximum Gasteiger partial charge on any atom is 0.219 e. The lowest BCUT2D eigenvalue weighted by molar-refractivity contribution is -0.169. The Morgan fingerprint density at radius 1 is 0.619 bits per heavy atom. The Kier molecular flexibility index (Phi) is 14.7. The van der Waals surface area contributed by atoms with Gasteiger partial charge >= 0.3 is 0 Å². The molecule has 0 aliphatic heterocycles. The Bertz CT molecular complexity index is 202. The highest BCUT2D eigenvalue weighted by atomic mass is 16.5. The van der Waals surface area contributed by atoms with Crippen molar-refractivity contribution in [1.82, 2.24) is 5.32 Å². The van der Waals surface area contributed by atoms with E-state index in [1.807, 2.05) is 0 Å². The molecule has 0 rings (SSSR count). The molecule has 0 saturated carbocycles. The normalized spacial score (nSPS) is 12.0. The van der Waals surface area contributed by atoms with Gasteiger partial charge in [-0.2, -0.15) is 0 Å². The van der Waals surface area contributed by atoms with Crippen molar-refractivity contribution < 1.29 is 10.2 Å². The zero-order valence-corrected chi connectivity index (χ0v) is 14.5. The van der Waals surface area contributed by atoms with Gasteiger partial charge in [-0.15, -0.1) is 0 Å². The van der Waals surface area contributed by atoms with Crippen LogP contribution in [-0.2, 0) is 0 Å². The van der Waals surface area contributed by atoms with Gasteiger partial charge in [0.05, 0.1) is 0 Å². The van der Waals surface area contributed by atoms with Crippen LogP contribution in [0.3, 0.4) is 0 Å². The summed E-state index contributed by atoms with van der Waals surface area (Å²) in [5, 5.41) is 20.8. The molecule has 0 atom stereocenters. The van der Waals surface area contributed by atoms with Gasteiger partial charge in [-0.25, -0.2) is 0 Å². The summed E-state index contributed by atoms with van der Waals surface area (Å²) in [7, 11) is 0. The predicted molar refractivity (Wildman–Crippen MR) is 91.2 cm³/mol. The molecule has 0 unspecified atom stereocenters. The smallest absolute Gasteiger partial charge is 0.219 e. The summed E-state index contributed by atoms with van der Waals surface area (Å²) < 4.78 is 0. The molecule has 0 amide bonds. The van der Waals surface area contributed by atoms with Gasteiger partial charge in [-0.1, -0.05) is 90.4 Å². The van der Waals surface area contributed by atoms with Crippen molar-refractivity contribution in [2.24, 2.45) is 0 Å². The van der Waals surface area contributed by atoms with E-state index in [2.05, 4.69) is 12.2 Å². The number of hydrogen-bond acceptors (Lipinski definition) is 3. The summed E-state index contributed by atoms with van der Waals surface area (Å²) in [6.45, 7) is 4.31. The van der Waals surface area contributed by atoms with Crippen LogP contribution in [0.5, 0.6) is 0 Å². The molecule has 0 heterocycles. The van der Waals surface area contributed by atoms with Crippen LogP contribution in [0.15, 0.2) is 0 Å². The van der Waals surface area contributed by atoms with Gasteiger partial charge in [0, 0.05) is 13.5 Å². The standard InChI is InChI=1S/C18H39NO2/c1-3-4-5-6-7-8-9-10-11-12-13-14-15-16-17-19-18(2,20)21/h19-21H,3-17H2,1-2H3. The fraction of sp³-hybridized carbons (Fsp3) is 1.00. The fourth-order valence-corrected chi connectivity index (χ4v) is 2.64. The van der Waals surface area contributed by atoms with E-state index < -0.39 is 5.91 Å². The van der Waals surface area contributed by atoms with Gasteiger partial charge in [-0.05, 0) is 6.42 Å². The molecular formula is C18H39NO2. The van der Waals surface area contributed by atoms with Gasteiger partial charge in [0.2, 0.25) is 5.91 Å². The van der Waals surface area contributed by atoms with E-state index in [0.29, 0.717) is 6.54 Å². The van der Waals surface area contributed by atoms with Crippen LogP contribution in [0, 0.1) is 0 Å². The summed E-state index contributed by atoms with van der Waals surface area (Å²) in [5.74, 6) is -1.71. The van der Waals surface area contributed by atoms with Crippen LogP contribution in [0.2, 0.25) is 0 Å². The van der Waals surface area contributed by atoms with Crippen LogP contribution in [-0.4, -0.2) is 22.7 Å². The molecule has 0 bridgehead atoms. The second-order valence-corrected chi connectivity index (χ2v) is 6.54. The predicted octanol–water partition coefficient (Wildman–Crippen LogP) is 4.72. The number of nitrogens with one attached hydrogen (secondary N) is 1. The molecule has 128 valence electrons. The maximum atomic E-state index is 9.07. The van der Waals surface area contributed by atoms with Gasteiger partial charge in [-0.3, -0.25) is 5.32 Å². The Hall–Kier alpha value is -0.120. The molecule has 21 heavy (non-hydrogen) atoms. The van der Waals surface area contributed by atoms with Crippen LogP contribution >= 0.6 is 0 Å². The zero-order chi connectivity index (χ0) is 15.8. The Morgan fingerprint density at radius 3 is 1.29 bits per heavy atom. The van der Waals surface area contributed by atoms with Crippen molar-refractivity contribution in [3.63, 3.8) is 0 Å². The molecule has 0 aromatic heterocycles. The Morgan fingerprint density at radius 2 is 0.952 bits per heavy atom. The molecule has 0 aliphatic rings. The van der Waals surface area contributed by atoms with E-state index in [1.165, 1.54) is 90.4 Å². The number of hydrogen-bond donors (Lipinski definition) is 3.